The van der Waals surface area contributed by atoms with Gasteiger partial charge in [0.05, 0.1) is 19.1 Å². The highest BCUT2D eigenvalue weighted by molar-refractivity contribution is 5.89. The van der Waals surface area contributed by atoms with Crippen molar-refractivity contribution in [2.45, 2.75) is 26.3 Å². The van der Waals surface area contributed by atoms with Gasteiger partial charge in [-0.15, -0.1) is 0 Å². The van der Waals surface area contributed by atoms with Crippen LogP contribution in [0.15, 0.2) is 24.3 Å². The molecule has 0 aliphatic carbocycles. The Hall–Kier alpha value is -2.08. The standard InChI is InChI=1S/C14H20N2O4/c1-3-20-9-10(2)15-14(19)16-12-6-4-5-11(7-12)8-13(17)18/h4-7,10H,3,8-9H2,1-2H3,(H,17,18)(H2,15,16,19). The molecule has 0 aliphatic rings. The summed E-state index contributed by atoms with van der Waals surface area (Å²) in [6.45, 7) is 4.78. The second-order valence-corrected chi connectivity index (χ2v) is 4.43. The number of nitrogens with one attached hydrogen (secondary N) is 2. The van der Waals surface area contributed by atoms with Crippen LogP contribution in [0.2, 0.25) is 0 Å². The zero-order valence-corrected chi connectivity index (χ0v) is 11.7. The number of carboxylic acid groups (broad SMARTS) is 1. The number of amides is 2. The van der Waals surface area contributed by atoms with Crippen molar-refractivity contribution in [3.8, 4) is 0 Å². The molecule has 0 bridgehead atoms. The van der Waals surface area contributed by atoms with Crippen LogP contribution in [-0.4, -0.2) is 36.4 Å². The Morgan fingerprint density at radius 3 is 2.80 bits per heavy atom. The first-order valence-electron chi connectivity index (χ1n) is 6.47. The Morgan fingerprint density at radius 1 is 1.40 bits per heavy atom. The first-order valence-corrected chi connectivity index (χ1v) is 6.47. The number of carbonyl (C=O) groups excluding carboxylic acids is 1. The van der Waals surface area contributed by atoms with Gasteiger partial charge < -0.3 is 20.5 Å². The number of benzene rings is 1. The molecule has 0 saturated heterocycles. The number of carboxylic acids is 1. The predicted octanol–water partition coefficient (Wildman–Crippen LogP) is 1.86. The maximum absolute atomic E-state index is 11.7. The van der Waals surface area contributed by atoms with E-state index in [0.717, 1.165) is 0 Å². The molecule has 0 saturated carbocycles. The fraction of sp³-hybridized carbons (Fsp3) is 0.429. The first kappa shape index (κ1) is 16.0. The highest BCUT2D eigenvalue weighted by atomic mass is 16.5. The summed E-state index contributed by atoms with van der Waals surface area (Å²) < 4.78 is 5.20. The topological polar surface area (TPSA) is 87.7 Å². The van der Waals surface area contributed by atoms with Gasteiger partial charge in [0.15, 0.2) is 0 Å². The normalized spacial score (nSPS) is 11.7. The molecule has 1 rings (SSSR count). The van der Waals surface area contributed by atoms with Gasteiger partial charge in [0.2, 0.25) is 0 Å². The van der Waals surface area contributed by atoms with Crippen molar-refractivity contribution in [1.29, 1.82) is 0 Å². The van der Waals surface area contributed by atoms with E-state index >= 15 is 0 Å². The first-order chi connectivity index (χ1) is 9.51. The number of hydrogen-bond acceptors (Lipinski definition) is 3. The summed E-state index contributed by atoms with van der Waals surface area (Å²) in [5.41, 5.74) is 1.20. The van der Waals surface area contributed by atoms with Crippen molar-refractivity contribution < 1.29 is 19.4 Å². The fourth-order valence-corrected chi connectivity index (χ4v) is 1.66. The van der Waals surface area contributed by atoms with Crippen LogP contribution in [0.1, 0.15) is 19.4 Å². The van der Waals surface area contributed by atoms with E-state index in [1.54, 1.807) is 24.3 Å². The number of urea groups is 1. The molecule has 0 radical (unpaired) electrons. The highest BCUT2D eigenvalue weighted by Crippen LogP contribution is 2.11. The number of aliphatic carboxylic acids is 1. The summed E-state index contributed by atoms with van der Waals surface area (Å²) in [5, 5.41) is 14.1. The SMILES string of the molecule is CCOCC(C)NC(=O)Nc1cccc(CC(=O)O)c1. The smallest absolute Gasteiger partial charge is 0.319 e. The van der Waals surface area contributed by atoms with Gasteiger partial charge in [-0.05, 0) is 31.5 Å². The van der Waals surface area contributed by atoms with Gasteiger partial charge in [0.25, 0.3) is 0 Å². The van der Waals surface area contributed by atoms with Crippen LogP contribution in [0.5, 0.6) is 0 Å². The lowest BCUT2D eigenvalue weighted by molar-refractivity contribution is -0.136. The quantitative estimate of drug-likeness (QED) is 0.711. The molecule has 0 aliphatic heterocycles. The van der Waals surface area contributed by atoms with Crippen LogP contribution in [0.3, 0.4) is 0 Å². The van der Waals surface area contributed by atoms with E-state index in [1.165, 1.54) is 0 Å². The zero-order valence-electron chi connectivity index (χ0n) is 11.7. The van der Waals surface area contributed by atoms with E-state index in [4.69, 9.17) is 9.84 Å². The van der Waals surface area contributed by atoms with Gasteiger partial charge in [-0.25, -0.2) is 4.79 Å². The molecule has 1 atom stereocenters. The molecule has 0 aromatic heterocycles. The molecule has 6 nitrogen and oxygen atoms in total. The Bertz CT molecular complexity index is 462. The predicted molar refractivity (Wildman–Crippen MR) is 75.9 cm³/mol. The largest absolute Gasteiger partial charge is 0.481 e. The van der Waals surface area contributed by atoms with E-state index in [2.05, 4.69) is 10.6 Å². The van der Waals surface area contributed by atoms with Crippen molar-refractivity contribution in [3.63, 3.8) is 0 Å². The molecule has 3 N–H and O–H groups in total. The van der Waals surface area contributed by atoms with Crippen molar-refractivity contribution in [3.05, 3.63) is 29.8 Å². The van der Waals surface area contributed by atoms with E-state index in [0.29, 0.717) is 24.5 Å². The van der Waals surface area contributed by atoms with Crippen LogP contribution in [0.4, 0.5) is 10.5 Å². The highest BCUT2D eigenvalue weighted by Gasteiger charge is 2.08. The summed E-state index contributed by atoms with van der Waals surface area (Å²) in [5.74, 6) is -0.906. The average Bonchev–Trinajstić information content (AvgIpc) is 2.35. The summed E-state index contributed by atoms with van der Waals surface area (Å²) in [6.07, 6.45) is -0.0715. The second kappa shape index (κ2) is 8.16. The van der Waals surface area contributed by atoms with Crippen molar-refractivity contribution in [1.82, 2.24) is 5.32 Å². The molecule has 1 aromatic carbocycles. The molecular formula is C14H20N2O4. The summed E-state index contributed by atoms with van der Waals surface area (Å²) >= 11 is 0. The van der Waals surface area contributed by atoms with Gasteiger partial charge in [-0.2, -0.15) is 0 Å². The van der Waals surface area contributed by atoms with Crippen LogP contribution in [0, 0.1) is 0 Å². The third-order valence-electron chi connectivity index (χ3n) is 2.49. The van der Waals surface area contributed by atoms with Gasteiger partial charge in [-0.1, -0.05) is 12.1 Å². The number of rotatable bonds is 7. The summed E-state index contributed by atoms with van der Waals surface area (Å²) in [7, 11) is 0. The van der Waals surface area contributed by atoms with Crippen molar-refractivity contribution in [2.75, 3.05) is 18.5 Å². The van der Waals surface area contributed by atoms with Crippen molar-refractivity contribution in [2.24, 2.45) is 0 Å². The molecule has 0 fully saturated rings. The minimum atomic E-state index is -0.906. The van der Waals surface area contributed by atoms with Crippen molar-refractivity contribution >= 4 is 17.7 Å². The molecule has 2 amide bonds. The molecule has 0 heterocycles. The summed E-state index contributed by atoms with van der Waals surface area (Å²) in [4.78, 5) is 22.4. The minimum absolute atomic E-state index is 0.0715. The third kappa shape index (κ3) is 6.19. The molecule has 1 unspecified atom stereocenters. The number of ether oxygens (including phenoxy) is 1. The van der Waals surface area contributed by atoms with Crippen LogP contribution >= 0.6 is 0 Å². The van der Waals surface area contributed by atoms with E-state index in [-0.39, 0.29) is 18.5 Å². The zero-order chi connectivity index (χ0) is 15.0. The molecular weight excluding hydrogens is 260 g/mol. The fourth-order valence-electron chi connectivity index (χ4n) is 1.66. The molecule has 6 heteroatoms. The average molecular weight is 280 g/mol. The Morgan fingerprint density at radius 2 is 2.15 bits per heavy atom. The minimum Gasteiger partial charge on any atom is -0.481 e. The van der Waals surface area contributed by atoms with Gasteiger partial charge in [-0.3, -0.25) is 4.79 Å². The third-order valence-corrected chi connectivity index (χ3v) is 2.49. The van der Waals surface area contributed by atoms with E-state index in [9.17, 15) is 9.59 Å². The maximum atomic E-state index is 11.7. The van der Waals surface area contributed by atoms with E-state index < -0.39 is 5.97 Å². The lowest BCUT2D eigenvalue weighted by atomic mass is 10.1. The molecule has 0 spiro atoms. The van der Waals surface area contributed by atoms with E-state index in [1.807, 2.05) is 13.8 Å². The number of anilines is 1. The number of carbonyl (C=O) groups is 2. The number of hydrogen-bond donors (Lipinski definition) is 3. The Balaban J connectivity index is 2.51. The lowest BCUT2D eigenvalue weighted by Crippen LogP contribution is -2.38. The molecule has 1 aromatic rings. The Labute approximate surface area is 118 Å². The molecule has 20 heavy (non-hydrogen) atoms. The lowest BCUT2D eigenvalue weighted by Gasteiger charge is -2.14. The summed E-state index contributed by atoms with van der Waals surface area (Å²) in [6, 6.07) is 6.31. The van der Waals surface area contributed by atoms with Crippen LogP contribution in [0.25, 0.3) is 0 Å². The van der Waals surface area contributed by atoms with Crippen LogP contribution < -0.4 is 10.6 Å². The van der Waals surface area contributed by atoms with Crippen LogP contribution in [-0.2, 0) is 16.0 Å². The van der Waals surface area contributed by atoms with Gasteiger partial charge in [0, 0.05) is 12.3 Å². The monoisotopic (exact) mass is 280 g/mol. The van der Waals surface area contributed by atoms with Gasteiger partial charge >= 0.3 is 12.0 Å². The Kier molecular flexibility index (Phi) is 6.52. The molecule has 110 valence electrons. The second-order valence-electron chi connectivity index (χ2n) is 4.43. The van der Waals surface area contributed by atoms with Gasteiger partial charge in [0.1, 0.15) is 0 Å². The maximum Gasteiger partial charge on any atom is 0.319 e.